The van der Waals surface area contributed by atoms with E-state index in [1.54, 1.807) is 0 Å². The Labute approximate surface area is 379 Å². The summed E-state index contributed by atoms with van der Waals surface area (Å²) in [6, 6.07) is 0. The molecule has 62 heavy (non-hydrogen) atoms. The van der Waals surface area contributed by atoms with Gasteiger partial charge in [0.1, 0.15) is 31.0 Å². The summed E-state index contributed by atoms with van der Waals surface area (Å²) in [4.78, 5) is 25.4. The predicted octanol–water partition coefficient (Wildman–Crippen LogP) is 12.1. The summed E-state index contributed by atoms with van der Waals surface area (Å²) < 4.78 is 22.2. The smallest absolute Gasteiger partial charge is 0.306 e. The number of allylic oxidation sites excluding steroid dienone is 4. The highest BCUT2D eigenvalue weighted by Crippen LogP contribution is 2.23. The van der Waals surface area contributed by atoms with Crippen LogP contribution < -0.4 is 0 Å². The standard InChI is InChI=1S/C52H96O10/c1-3-5-7-9-11-13-15-17-19-21-22-23-24-25-27-29-31-33-35-37-39-41-48(55)61-45(44-60-52-51(58)50(57)49(56)46(42-53)62-52)43-59-47(54)40-38-36-34-32-30-28-26-20-18-16-14-12-10-8-6-4-2/h20-22,26,45-46,49-53,56-58H,3-19,23-25,27-44H2,1-2H3/b22-21-,26-20-. The van der Waals surface area contributed by atoms with Gasteiger partial charge in [-0.15, -0.1) is 0 Å². The predicted molar refractivity (Wildman–Crippen MR) is 252 cm³/mol. The normalized spacial score (nSPS) is 19.7. The highest BCUT2D eigenvalue weighted by atomic mass is 16.7. The number of unbranched alkanes of at least 4 members (excludes halogenated alkanes) is 29. The molecule has 0 radical (unpaired) electrons. The molecule has 0 bridgehead atoms. The lowest BCUT2D eigenvalue weighted by molar-refractivity contribution is -0.305. The van der Waals surface area contributed by atoms with Gasteiger partial charge in [-0.05, 0) is 64.2 Å². The maximum Gasteiger partial charge on any atom is 0.306 e. The van der Waals surface area contributed by atoms with Crippen molar-refractivity contribution in [2.75, 3.05) is 19.8 Å². The van der Waals surface area contributed by atoms with E-state index < -0.39 is 49.4 Å². The van der Waals surface area contributed by atoms with Crippen molar-refractivity contribution in [2.45, 2.75) is 275 Å². The van der Waals surface area contributed by atoms with E-state index in [0.29, 0.717) is 6.42 Å². The quantitative estimate of drug-likeness (QED) is 0.0264. The first-order valence-electron chi connectivity index (χ1n) is 25.9. The maximum absolute atomic E-state index is 12.8. The lowest BCUT2D eigenvalue weighted by Crippen LogP contribution is -2.59. The van der Waals surface area contributed by atoms with Crippen LogP contribution in [-0.4, -0.2) is 89.0 Å². The van der Waals surface area contributed by atoms with E-state index in [-0.39, 0.29) is 32.0 Å². The van der Waals surface area contributed by atoms with E-state index in [0.717, 1.165) is 57.8 Å². The maximum atomic E-state index is 12.8. The van der Waals surface area contributed by atoms with Gasteiger partial charge in [-0.1, -0.05) is 186 Å². The first-order chi connectivity index (χ1) is 30.3. The van der Waals surface area contributed by atoms with Gasteiger partial charge in [0.25, 0.3) is 0 Å². The number of esters is 2. The minimum absolute atomic E-state index is 0.219. The fraction of sp³-hybridized carbons (Fsp3) is 0.885. The van der Waals surface area contributed by atoms with Crippen molar-refractivity contribution in [1.82, 2.24) is 0 Å². The number of aliphatic hydroxyl groups excluding tert-OH is 4. The highest BCUT2D eigenvalue weighted by Gasteiger charge is 2.44. The van der Waals surface area contributed by atoms with E-state index in [9.17, 15) is 30.0 Å². The van der Waals surface area contributed by atoms with Crippen LogP contribution in [0.1, 0.15) is 239 Å². The molecule has 0 amide bonds. The molecule has 1 aliphatic rings. The van der Waals surface area contributed by atoms with Crippen LogP contribution in [0.4, 0.5) is 0 Å². The van der Waals surface area contributed by atoms with Gasteiger partial charge in [-0.3, -0.25) is 9.59 Å². The lowest BCUT2D eigenvalue weighted by Gasteiger charge is -2.39. The number of hydrogen-bond acceptors (Lipinski definition) is 10. The summed E-state index contributed by atoms with van der Waals surface area (Å²) in [5.41, 5.74) is 0. The lowest BCUT2D eigenvalue weighted by atomic mass is 9.99. The Hall–Kier alpha value is -1.82. The second-order valence-electron chi connectivity index (χ2n) is 18.0. The van der Waals surface area contributed by atoms with E-state index >= 15 is 0 Å². The van der Waals surface area contributed by atoms with Crippen LogP contribution in [0.2, 0.25) is 0 Å². The molecule has 0 aromatic heterocycles. The molecule has 6 unspecified atom stereocenters. The second kappa shape index (κ2) is 43.1. The van der Waals surface area contributed by atoms with Gasteiger partial charge in [-0.25, -0.2) is 0 Å². The SMILES string of the molecule is CCCCCCCCC/C=C\CCCCCCCC(=O)OCC(COC1OC(CO)C(O)C(O)C1O)OC(=O)CCCCCCCCCCC/C=C\CCCCCCCCCC. The monoisotopic (exact) mass is 881 g/mol. The van der Waals surface area contributed by atoms with Gasteiger partial charge in [0.2, 0.25) is 0 Å². The molecule has 1 fully saturated rings. The number of carbonyl (C=O) groups excluding carboxylic acids is 2. The Bertz CT molecular complexity index is 1060. The number of carbonyl (C=O) groups is 2. The van der Waals surface area contributed by atoms with Gasteiger partial charge >= 0.3 is 11.9 Å². The largest absolute Gasteiger partial charge is 0.462 e. The molecule has 1 aliphatic heterocycles. The molecule has 364 valence electrons. The first-order valence-corrected chi connectivity index (χ1v) is 25.9. The first kappa shape index (κ1) is 58.2. The summed E-state index contributed by atoms with van der Waals surface area (Å²) in [5.74, 6) is -0.809. The van der Waals surface area contributed by atoms with Gasteiger partial charge in [0, 0.05) is 12.8 Å². The van der Waals surface area contributed by atoms with Crippen molar-refractivity contribution < 1.29 is 49.0 Å². The van der Waals surface area contributed by atoms with E-state index in [1.165, 1.54) is 148 Å². The zero-order valence-electron chi connectivity index (χ0n) is 39.9. The Morgan fingerprint density at radius 2 is 0.855 bits per heavy atom. The molecule has 10 nitrogen and oxygen atoms in total. The molecule has 1 rings (SSSR count). The van der Waals surface area contributed by atoms with Crippen molar-refractivity contribution in [3.05, 3.63) is 24.3 Å². The van der Waals surface area contributed by atoms with Crippen LogP contribution in [0, 0.1) is 0 Å². The van der Waals surface area contributed by atoms with Crippen LogP contribution in [0.3, 0.4) is 0 Å². The Balaban J connectivity index is 2.26. The molecule has 0 aliphatic carbocycles. The molecule has 6 atom stereocenters. The van der Waals surface area contributed by atoms with Crippen LogP contribution in [0.15, 0.2) is 24.3 Å². The molecule has 4 N–H and O–H groups in total. The number of aliphatic hydroxyl groups is 4. The topological polar surface area (TPSA) is 152 Å². The van der Waals surface area contributed by atoms with Crippen LogP contribution in [-0.2, 0) is 28.5 Å². The average molecular weight is 881 g/mol. The Morgan fingerprint density at radius 1 is 0.484 bits per heavy atom. The molecule has 0 aromatic rings. The summed E-state index contributed by atoms with van der Waals surface area (Å²) >= 11 is 0. The summed E-state index contributed by atoms with van der Waals surface area (Å²) in [7, 11) is 0. The van der Waals surface area contributed by atoms with Crippen molar-refractivity contribution in [3.8, 4) is 0 Å². The highest BCUT2D eigenvalue weighted by molar-refractivity contribution is 5.70. The van der Waals surface area contributed by atoms with Crippen molar-refractivity contribution in [1.29, 1.82) is 0 Å². The third-order valence-corrected chi connectivity index (χ3v) is 12.1. The van der Waals surface area contributed by atoms with E-state index in [2.05, 4.69) is 38.2 Å². The Kier molecular flexibility index (Phi) is 40.4. The summed E-state index contributed by atoms with van der Waals surface area (Å²) in [6.07, 6.45) is 41.8. The number of rotatable bonds is 44. The van der Waals surface area contributed by atoms with Crippen molar-refractivity contribution in [2.24, 2.45) is 0 Å². The minimum atomic E-state index is -1.60. The van der Waals surface area contributed by atoms with Gasteiger partial charge in [0.05, 0.1) is 13.2 Å². The molecule has 1 saturated heterocycles. The van der Waals surface area contributed by atoms with Crippen LogP contribution >= 0.6 is 0 Å². The molecule has 0 spiro atoms. The third kappa shape index (κ3) is 33.7. The Morgan fingerprint density at radius 3 is 1.26 bits per heavy atom. The number of ether oxygens (including phenoxy) is 4. The second-order valence-corrected chi connectivity index (χ2v) is 18.0. The fourth-order valence-electron chi connectivity index (χ4n) is 7.94. The third-order valence-electron chi connectivity index (χ3n) is 12.1. The van der Waals surface area contributed by atoms with Crippen molar-refractivity contribution >= 4 is 11.9 Å². The van der Waals surface area contributed by atoms with Crippen molar-refractivity contribution in [3.63, 3.8) is 0 Å². The van der Waals surface area contributed by atoms with E-state index in [4.69, 9.17) is 18.9 Å². The fourth-order valence-corrected chi connectivity index (χ4v) is 7.94. The zero-order chi connectivity index (χ0) is 45.1. The zero-order valence-corrected chi connectivity index (χ0v) is 39.9. The molecule has 10 heteroatoms. The van der Waals surface area contributed by atoms with Crippen LogP contribution in [0.5, 0.6) is 0 Å². The summed E-state index contributed by atoms with van der Waals surface area (Å²) in [5, 5.41) is 40.2. The van der Waals surface area contributed by atoms with E-state index in [1.807, 2.05) is 0 Å². The minimum Gasteiger partial charge on any atom is -0.462 e. The molecule has 0 aromatic carbocycles. The van der Waals surface area contributed by atoms with Crippen LogP contribution in [0.25, 0.3) is 0 Å². The van der Waals surface area contributed by atoms with Gasteiger partial charge < -0.3 is 39.4 Å². The van der Waals surface area contributed by atoms with Gasteiger partial charge in [0.15, 0.2) is 12.4 Å². The molecule has 0 saturated carbocycles. The average Bonchev–Trinajstić information content (AvgIpc) is 3.27. The molecular formula is C52H96O10. The molecule has 1 heterocycles. The van der Waals surface area contributed by atoms with Gasteiger partial charge in [-0.2, -0.15) is 0 Å². The summed E-state index contributed by atoms with van der Waals surface area (Å²) in [6.45, 7) is 3.44. The molecular weight excluding hydrogens is 785 g/mol. The number of hydrogen-bond donors (Lipinski definition) is 4.